The summed E-state index contributed by atoms with van der Waals surface area (Å²) in [6.45, 7) is 1.78. The van der Waals surface area contributed by atoms with E-state index in [0.717, 1.165) is 5.69 Å². The van der Waals surface area contributed by atoms with E-state index in [0.29, 0.717) is 11.5 Å². The maximum absolute atomic E-state index is 11.3. The first kappa shape index (κ1) is 14.4. The molecule has 0 bridgehead atoms. The van der Waals surface area contributed by atoms with E-state index in [-0.39, 0.29) is 18.7 Å². The fraction of sp³-hybridized carbons (Fsp3) is 0.250. The number of aryl methyl sites for hydroxylation is 1. The van der Waals surface area contributed by atoms with Gasteiger partial charge in [-0.25, -0.2) is 9.67 Å². The highest BCUT2D eigenvalue weighted by molar-refractivity contribution is 5.97. The molecule has 1 amide bonds. The van der Waals surface area contributed by atoms with E-state index < -0.39 is 11.9 Å². The van der Waals surface area contributed by atoms with Gasteiger partial charge in [0.15, 0.2) is 0 Å². The number of nitrogens with two attached hydrogens (primary N) is 1. The fourth-order valence-electron chi connectivity index (χ4n) is 1.70. The SMILES string of the molecule is Cc1ccc(C(N)=O)c(NCc2cn(CC(=O)O)nn2)n1. The molecule has 0 fully saturated rings. The minimum Gasteiger partial charge on any atom is -0.480 e. The molecule has 0 aliphatic heterocycles. The maximum atomic E-state index is 11.3. The van der Waals surface area contributed by atoms with Gasteiger partial charge in [-0.1, -0.05) is 5.21 Å². The molecular formula is C12H14N6O3. The zero-order valence-electron chi connectivity index (χ0n) is 11.3. The number of rotatable bonds is 6. The molecule has 0 aliphatic rings. The second-order valence-electron chi connectivity index (χ2n) is 4.37. The van der Waals surface area contributed by atoms with Gasteiger partial charge in [0.25, 0.3) is 5.91 Å². The summed E-state index contributed by atoms with van der Waals surface area (Å²) in [6.07, 6.45) is 1.50. The number of aromatic nitrogens is 4. The molecule has 2 heterocycles. The van der Waals surface area contributed by atoms with E-state index in [4.69, 9.17) is 10.8 Å². The molecule has 2 aromatic rings. The van der Waals surface area contributed by atoms with Crippen molar-refractivity contribution in [1.82, 2.24) is 20.0 Å². The molecule has 9 nitrogen and oxygen atoms in total. The van der Waals surface area contributed by atoms with E-state index >= 15 is 0 Å². The van der Waals surface area contributed by atoms with Crippen molar-refractivity contribution >= 4 is 17.7 Å². The molecule has 21 heavy (non-hydrogen) atoms. The van der Waals surface area contributed by atoms with E-state index in [1.807, 2.05) is 0 Å². The first-order valence-corrected chi connectivity index (χ1v) is 6.08. The number of aliphatic carboxylic acids is 1. The minimum absolute atomic E-state index is 0.246. The van der Waals surface area contributed by atoms with Crippen LogP contribution in [0.4, 0.5) is 5.82 Å². The van der Waals surface area contributed by atoms with Crippen LogP contribution in [-0.4, -0.2) is 37.0 Å². The average Bonchev–Trinajstić information content (AvgIpc) is 2.82. The van der Waals surface area contributed by atoms with E-state index in [1.54, 1.807) is 19.1 Å². The van der Waals surface area contributed by atoms with E-state index in [1.165, 1.54) is 10.9 Å². The second-order valence-corrected chi connectivity index (χ2v) is 4.37. The summed E-state index contributed by atoms with van der Waals surface area (Å²) in [4.78, 5) is 26.1. The molecule has 110 valence electrons. The molecule has 0 saturated heterocycles. The number of primary amides is 1. The molecule has 0 aliphatic carbocycles. The minimum atomic E-state index is -1.00. The van der Waals surface area contributed by atoms with Crippen molar-refractivity contribution in [2.24, 2.45) is 5.73 Å². The maximum Gasteiger partial charge on any atom is 0.325 e. The Labute approximate surface area is 119 Å². The van der Waals surface area contributed by atoms with Crippen molar-refractivity contribution in [2.45, 2.75) is 20.0 Å². The Morgan fingerprint density at radius 2 is 2.19 bits per heavy atom. The summed E-state index contributed by atoms with van der Waals surface area (Å²) < 4.78 is 1.21. The van der Waals surface area contributed by atoms with Crippen LogP contribution in [0.25, 0.3) is 0 Å². The number of anilines is 1. The number of amides is 1. The van der Waals surface area contributed by atoms with Crippen molar-refractivity contribution in [3.05, 3.63) is 35.3 Å². The van der Waals surface area contributed by atoms with Gasteiger partial charge in [0.05, 0.1) is 18.3 Å². The first-order valence-electron chi connectivity index (χ1n) is 6.08. The Kier molecular flexibility index (Phi) is 4.12. The lowest BCUT2D eigenvalue weighted by Gasteiger charge is -2.08. The topological polar surface area (TPSA) is 136 Å². The van der Waals surface area contributed by atoms with Crippen LogP contribution in [-0.2, 0) is 17.9 Å². The predicted molar refractivity (Wildman–Crippen MR) is 72.5 cm³/mol. The van der Waals surface area contributed by atoms with Crippen LogP contribution in [0.1, 0.15) is 21.7 Å². The number of carbonyl (C=O) groups is 2. The van der Waals surface area contributed by atoms with Crippen molar-refractivity contribution in [3.63, 3.8) is 0 Å². The van der Waals surface area contributed by atoms with Crippen LogP contribution in [0.15, 0.2) is 18.3 Å². The smallest absolute Gasteiger partial charge is 0.325 e. The Morgan fingerprint density at radius 3 is 2.86 bits per heavy atom. The third kappa shape index (κ3) is 3.75. The van der Waals surface area contributed by atoms with Gasteiger partial charge in [0.1, 0.15) is 18.1 Å². The first-order chi connectivity index (χ1) is 9.95. The van der Waals surface area contributed by atoms with Gasteiger partial charge in [0, 0.05) is 5.69 Å². The molecule has 2 rings (SSSR count). The highest BCUT2D eigenvalue weighted by atomic mass is 16.4. The summed E-state index contributed by atoms with van der Waals surface area (Å²) in [5.74, 6) is -1.23. The van der Waals surface area contributed by atoms with Crippen molar-refractivity contribution in [2.75, 3.05) is 5.32 Å². The molecule has 0 aromatic carbocycles. The number of nitrogens with zero attached hydrogens (tertiary/aromatic N) is 4. The number of nitrogens with one attached hydrogen (secondary N) is 1. The number of hydrogen-bond donors (Lipinski definition) is 3. The normalized spacial score (nSPS) is 10.3. The molecule has 9 heteroatoms. The summed E-state index contributed by atoms with van der Waals surface area (Å²) in [6, 6.07) is 3.28. The van der Waals surface area contributed by atoms with Crippen LogP contribution in [0.5, 0.6) is 0 Å². The number of pyridine rings is 1. The summed E-state index contributed by atoms with van der Waals surface area (Å²) >= 11 is 0. The Morgan fingerprint density at radius 1 is 1.43 bits per heavy atom. The van der Waals surface area contributed by atoms with Crippen LogP contribution < -0.4 is 11.1 Å². The summed E-state index contributed by atoms with van der Waals surface area (Å²) in [5, 5.41) is 19.1. The van der Waals surface area contributed by atoms with Gasteiger partial charge in [0.2, 0.25) is 0 Å². The molecular weight excluding hydrogens is 276 g/mol. The predicted octanol–water partition coefficient (Wildman–Crippen LogP) is -0.223. The Bertz CT molecular complexity index is 681. The highest BCUT2D eigenvalue weighted by Crippen LogP contribution is 2.13. The van der Waals surface area contributed by atoms with Gasteiger partial charge in [-0.2, -0.15) is 0 Å². The average molecular weight is 290 g/mol. The van der Waals surface area contributed by atoms with Gasteiger partial charge < -0.3 is 16.2 Å². The van der Waals surface area contributed by atoms with Crippen LogP contribution in [0.2, 0.25) is 0 Å². The Hall–Kier alpha value is -2.97. The number of carboxylic acids is 1. The van der Waals surface area contributed by atoms with Crippen LogP contribution in [0, 0.1) is 6.92 Å². The monoisotopic (exact) mass is 290 g/mol. The number of carbonyl (C=O) groups excluding carboxylic acids is 1. The molecule has 0 atom stereocenters. The zero-order chi connectivity index (χ0) is 15.4. The molecule has 2 aromatic heterocycles. The quantitative estimate of drug-likeness (QED) is 0.668. The van der Waals surface area contributed by atoms with Gasteiger partial charge >= 0.3 is 5.97 Å². The molecule has 0 spiro atoms. The van der Waals surface area contributed by atoms with Crippen molar-refractivity contribution < 1.29 is 14.7 Å². The van der Waals surface area contributed by atoms with E-state index in [2.05, 4.69) is 20.6 Å². The van der Waals surface area contributed by atoms with Gasteiger partial charge in [-0.05, 0) is 19.1 Å². The summed E-state index contributed by atoms with van der Waals surface area (Å²) in [7, 11) is 0. The lowest BCUT2D eigenvalue weighted by Crippen LogP contribution is -2.16. The molecule has 0 unspecified atom stereocenters. The standard InChI is InChI=1S/C12H14N6O3/c1-7-2-3-9(11(13)21)12(15-7)14-4-8-5-18(17-16-8)6-10(19)20/h2-3,5H,4,6H2,1H3,(H2,13,21)(H,14,15)(H,19,20). The lowest BCUT2D eigenvalue weighted by atomic mass is 10.2. The highest BCUT2D eigenvalue weighted by Gasteiger charge is 2.11. The zero-order valence-corrected chi connectivity index (χ0v) is 11.3. The fourth-order valence-corrected chi connectivity index (χ4v) is 1.70. The third-order valence-electron chi connectivity index (χ3n) is 2.62. The Balaban J connectivity index is 2.09. The van der Waals surface area contributed by atoms with Crippen molar-refractivity contribution in [1.29, 1.82) is 0 Å². The second kappa shape index (κ2) is 5.99. The number of carboxylic acid groups (broad SMARTS) is 1. The largest absolute Gasteiger partial charge is 0.480 e. The van der Waals surface area contributed by atoms with Gasteiger partial charge in [-0.15, -0.1) is 5.10 Å². The third-order valence-corrected chi connectivity index (χ3v) is 2.62. The van der Waals surface area contributed by atoms with Crippen molar-refractivity contribution in [3.8, 4) is 0 Å². The van der Waals surface area contributed by atoms with Crippen LogP contribution in [0.3, 0.4) is 0 Å². The lowest BCUT2D eigenvalue weighted by molar-refractivity contribution is -0.137. The van der Waals surface area contributed by atoms with Crippen LogP contribution >= 0.6 is 0 Å². The van der Waals surface area contributed by atoms with E-state index in [9.17, 15) is 9.59 Å². The summed E-state index contributed by atoms with van der Waals surface area (Å²) in [5.41, 5.74) is 6.81. The van der Waals surface area contributed by atoms with Gasteiger partial charge in [-0.3, -0.25) is 9.59 Å². The molecule has 4 N–H and O–H groups in total. The molecule has 0 radical (unpaired) electrons. The number of hydrogen-bond acceptors (Lipinski definition) is 6. The molecule has 0 saturated carbocycles.